The molecular formula is C6H27N4O9S3-. The van der Waals surface area contributed by atoms with Crippen LogP contribution < -0.4 is 23.8 Å². The van der Waals surface area contributed by atoms with Gasteiger partial charge >= 0.3 is 0 Å². The quantitative estimate of drug-likeness (QED) is 0.168. The second kappa shape index (κ2) is 20.7. The van der Waals surface area contributed by atoms with E-state index in [1.54, 1.807) is 0 Å². The van der Waals surface area contributed by atoms with Crippen molar-refractivity contribution in [3.8, 4) is 0 Å². The van der Waals surface area contributed by atoms with Gasteiger partial charge in [-0.3, -0.25) is 8.74 Å². The van der Waals surface area contributed by atoms with Gasteiger partial charge in [-0.05, 0) is 0 Å². The molecule has 0 aromatic carbocycles. The molecule has 12 N–H and O–H groups in total. The maximum Gasteiger partial charge on any atom is 0.268 e. The summed E-state index contributed by atoms with van der Waals surface area (Å²) in [7, 11) is -5.98. The first-order chi connectivity index (χ1) is 8.41. The van der Waals surface area contributed by atoms with Crippen LogP contribution in [0, 0.1) is 0 Å². The molecule has 0 aliphatic heterocycles. The lowest BCUT2D eigenvalue weighted by molar-refractivity contribution is 0.398. The molecule has 0 aromatic rings. The smallest absolute Gasteiger partial charge is 0.268 e. The summed E-state index contributed by atoms with van der Waals surface area (Å²) in [6.07, 6.45) is 0. The Bertz CT molecular complexity index is 421. The predicted octanol–water partition coefficient (Wildman–Crippen LogP) is -1.95. The molecule has 0 aromatic heterocycles. The minimum atomic E-state index is -3.80. The van der Waals surface area contributed by atoms with E-state index in [1.165, 1.54) is 0 Å². The van der Waals surface area contributed by atoms with Crippen molar-refractivity contribution in [1.82, 2.24) is 12.3 Å². The van der Waals surface area contributed by atoms with E-state index in [-0.39, 0.29) is 44.3 Å². The maximum atomic E-state index is 10.3. The van der Waals surface area contributed by atoms with Crippen LogP contribution in [0.5, 0.6) is 0 Å². The van der Waals surface area contributed by atoms with Crippen molar-refractivity contribution in [2.45, 2.75) is 7.43 Å². The van der Waals surface area contributed by atoms with Gasteiger partial charge in [0, 0.05) is 13.1 Å². The van der Waals surface area contributed by atoms with Crippen molar-refractivity contribution in [2.75, 3.05) is 31.7 Å². The van der Waals surface area contributed by atoms with E-state index in [0.717, 1.165) is 7.11 Å². The third kappa shape index (κ3) is 60.1. The van der Waals surface area contributed by atoms with Crippen LogP contribution in [0.1, 0.15) is 7.43 Å². The van der Waals surface area contributed by atoms with Crippen LogP contribution in [0.25, 0.3) is 0 Å². The number of hydrogen-bond acceptors (Lipinski definition) is 11. The fraction of sp³-hybridized carbons (Fsp3) is 1.00. The molecule has 0 amide bonds. The molecule has 0 radical (unpaired) electrons. The van der Waals surface area contributed by atoms with E-state index in [0.29, 0.717) is 0 Å². The minimum absolute atomic E-state index is 0. The van der Waals surface area contributed by atoms with Gasteiger partial charge in [-0.25, -0.2) is 4.21 Å². The van der Waals surface area contributed by atoms with E-state index in [9.17, 15) is 16.8 Å². The number of hydrogen-bond donors (Lipinski definition) is 6. The highest BCUT2D eigenvalue weighted by Crippen LogP contribution is 1.85. The van der Waals surface area contributed by atoms with Crippen molar-refractivity contribution in [3.63, 3.8) is 0 Å². The zero-order valence-electron chi connectivity index (χ0n) is 11.4. The fourth-order valence-corrected chi connectivity index (χ4v) is 1.13. The Labute approximate surface area is 133 Å². The average molecular weight is 396 g/mol. The van der Waals surface area contributed by atoms with Crippen molar-refractivity contribution in [2.24, 2.45) is 11.5 Å². The van der Waals surface area contributed by atoms with E-state index in [1.807, 2.05) is 0 Å². The molecule has 0 heterocycles. The SMILES string of the molecule is C.COS(=O)(=O)CCN.N.N.NCCS(=O)(=O)O.O=S([O-])O. The van der Waals surface area contributed by atoms with E-state index in [4.69, 9.17) is 29.3 Å². The minimum Gasteiger partial charge on any atom is -0.750 e. The van der Waals surface area contributed by atoms with Gasteiger partial charge in [0.15, 0.2) is 0 Å². The third-order valence-electron chi connectivity index (χ3n) is 0.998. The molecule has 0 bridgehead atoms. The molecule has 16 heteroatoms. The Morgan fingerprint density at radius 3 is 1.41 bits per heavy atom. The number of nitrogens with two attached hydrogens (primary N) is 2. The molecule has 0 spiro atoms. The Balaban J connectivity index is -0.0000000427. The summed E-state index contributed by atoms with van der Waals surface area (Å²) < 4.78 is 76.1. The van der Waals surface area contributed by atoms with Gasteiger partial charge in [0.2, 0.25) is 0 Å². The second-order valence-corrected chi connectivity index (χ2v) is 6.37. The lowest BCUT2D eigenvalue weighted by Gasteiger charge is -1.94. The van der Waals surface area contributed by atoms with Gasteiger partial charge in [-0.1, -0.05) is 7.43 Å². The molecular weight excluding hydrogens is 368 g/mol. The molecule has 0 aliphatic rings. The molecule has 0 fully saturated rings. The summed E-state index contributed by atoms with van der Waals surface area (Å²) in [6.45, 7) is 0.0784. The standard InChI is InChI=1S/C3H9NO3S.C2H7NO3S.CH4.2H3N.H2O3S/c1-7-8(5,6)3-2-4;3-1-2-7(4,5)6;;;;1-4(2)3/h2-4H2,1H3;1-3H2,(H,4,5,6);1H4;2*1H3;(H2,1,2,3)/p-1. The van der Waals surface area contributed by atoms with Crippen LogP contribution in [0.4, 0.5) is 0 Å². The Kier molecular flexibility index (Phi) is 35.6. The van der Waals surface area contributed by atoms with E-state index >= 15 is 0 Å². The highest BCUT2D eigenvalue weighted by atomic mass is 32.2. The van der Waals surface area contributed by atoms with Crippen molar-refractivity contribution in [1.29, 1.82) is 0 Å². The largest absolute Gasteiger partial charge is 0.750 e. The van der Waals surface area contributed by atoms with Crippen molar-refractivity contribution < 1.29 is 38.9 Å². The summed E-state index contributed by atoms with van der Waals surface area (Å²) >= 11 is -2.86. The number of rotatable bonds is 5. The predicted molar refractivity (Wildman–Crippen MR) is 83.6 cm³/mol. The van der Waals surface area contributed by atoms with Crippen LogP contribution in [-0.4, -0.2) is 66.4 Å². The lowest BCUT2D eigenvalue weighted by Crippen LogP contribution is -2.16. The zero-order chi connectivity index (χ0) is 16.1. The van der Waals surface area contributed by atoms with Crippen LogP contribution in [-0.2, 0) is 35.8 Å². The second-order valence-electron chi connectivity index (χ2n) is 2.51. The van der Waals surface area contributed by atoms with Crippen LogP contribution in [0.2, 0.25) is 0 Å². The maximum absolute atomic E-state index is 10.3. The van der Waals surface area contributed by atoms with Gasteiger partial charge in [0.05, 0.1) is 30.0 Å². The molecule has 1 atom stereocenters. The molecule has 13 nitrogen and oxygen atoms in total. The zero-order valence-corrected chi connectivity index (χ0v) is 13.8. The molecule has 0 aliphatic carbocycles. The highest BCUT2D eigenvalue weighted by molar-refractivity contribution is 7.86. The molecule has 22 heavy (non-hydrogen) atoms. The first-order valence-corrected chi connectivity index (χ1v) is 8.55. The first-order valence-electron chi connectivity index (χ1n) is 4.33. The van der Waals surface area contributed by atoms with E-state index < -0.39 is 31.6 Å². The average Bonchev–Trinajstić information content (AvgIpc) is 2.15. The highest BCUT2D eigenvalue weighted by Gasteiger charge is 2.03. The van der Waals surface area contributed by atoms with Gasteiger partial charge in [0.1, 0.15) is 0 Å². The lowest BCUT2D eigenvalue weighted by atomic mass is 10.8. The molecule has 0 rings (SSSR count). The van der Waals surface area contributed by atoms with Crippen LogP contribution >= 0.6 is 0 Å². The van der Waals surface area contributed by atoms with Gasteiger partial charge < -0.3 is 32.9 Å². The van der Waals surface area contributed by atoms with E-state index in [2.05, 4.69) is 4.18 Å². The summed E-state index contributed by atoms with van der Waals surface area (Å²) in [4.78, 5) is 0. The van der Waals surface area contributed by atoms with Gasteiger partial charge in [-0.2, -0.15) is 16.8 Å². The Hall–Kier alpha value is -0.270. The third-order valence-corrected chi connectivity index (χ3v) is 2.99. The summed E-state index contributed by atoms with van der Waals surface area (Å²) in [5, 5.41) is 0. The van der Waals surface area contributed by atoms with Crippen LogP contribution in [0.15, 0.2) is 0 Å². The molecule has 0 saturated heterocycles. The monoisotopic (exact) mass is 395 g/mol. The summed E-state index contributed by atoms with van der Waals surface area (Å²) in [5.74, 6) is -0.462. The Morgan fingerprint density at radius 1 is 1.09 bits per heavy atom. The topological polar surface area (TPSA) is 280 Å². The summed E-state index contributed by atoms with van der Waals surface area (Å²) in [5.41, 5.74) is 9.71. The first kappa shape index (κ1) is 37.7. The van der Waals surface area contributed by atoms with Crippen LogP contribution in [0.3, 0.4) is 0 Å². The normalized spacial score (nSPS) is 10.8. The molecule has 0 saturated carbocycles. The van der Waals surface area contributed by atoms with Crippen molar-refractivity contribution >= 4 is 31.6 Å². The molecule has 144 valence electrons. The van der Waals surface area contributed by atoms with Gasteiger partial charge in [-0.15, -0.1) is 0 Å². The van der Waals surface area contributed by atoms with Gasteiger partial charge in [0.25, 0.3) is 20.2 Å². The molecule has 1 unspecified atom stereocenters. The summed E-state index contributed by atoms with van der Waals surface area (Å²) in [6, 6.07) is 0. The van der Waals surface area contributed by atoms with Crippen molar-refractivity contribution in [3.05, 3.63) is 0 Å². The fourth-order valence-electron chi connectivity index (χ4n) is 0.377. The Morgan fingerprint density at radius 2 is 1.36 bits per heavy atom.